The molecule has 112 valence electrons. The fourth-order valence-electron chi connectivity index (χ4n) is 3.86. The molecule has 2 rings (SSSR count). The highest BCUT2D eigenvalue weighted by Crippen LogP contribution is 2.26. The molecule has 2 aliphatic rings. The van der Waals surface area contributed by atoms with Crippen LogP contribution in [0.4, 0.5) is 0 Å². The van der Waals surface area contributed by atoms with Crippen LogP contribution >= 0.6 is 0 Å². The highest BCUT2D eigenvalue weighted by atomic mass is 15.3. The van der Waals surface area contributed by atoms with Gasteiger partial charge in [0, 0.05) is 31.2 Å². The summed E-state index contributed by atoms with van der Waals surface area (Å²) >= 11 is 0. The first-order valence-corrected chi connectivity index (χ1v) is 8.33. The van der Waals surface area contributed by atoms with Crippen molar-refractivity contribution in [2.75, 3.05) is 33.7 Å². The van der Waals surface area contributed by atoms with E-state index in [1.807, 2.05) is 0 Å². The number of hydrogen-bond donors (Lipinski definition) is 1. The second-order valence-electron chi connectivity index (χ2n) is 6.67. The van der Waals surface area contributed by atoms with Crippen molar-refractivity contribution in [3.05, 3.63) is 0 Å². The number of nitrogens with one attached hydrogen (secondary N) is 1. The van der Waals surface area contributed by atoms with Gasteiger partial charge in [-0.1, -0.05) is 25.7 Å². The maximum absolute atomic E-state index is 3.38. The zero-order valence-corrected chi connectivity index (χ0v) is 13.2. The van der Waals surface area contributed by atoms with Crippen LogP contribution < -0.4 is 5.32 Å². The van der Waals surface area contributed by atoms with Crippen molar-refractivity contribution < 1.29 is 0 Å². The van der Waals surface area contributed by atoms with Crippen LogP contribution in [0.5, 0.6) is 0 Å². The van der Waals surface area contributed by atoms with Crippen molar-refractivity contribution in [1.29, 1.82) is 0 Å². The van der Waals surface area contributed by atoms with Crippen LogP contribution in [0.15, 0.2) is 0 Å². The van der Waals surface area contributed by atoms with Gasteiger partial charge in [-0.25, -0.2) is 0 Å². The first-order chi connectivity index (χ1) is 9.22. The molecule has 0 aromatic heterocycles. The summed E-state index contributed by atoms with van der Waals surface area (Å²) < 4.78 is 0. The Hall–Kier alpha value is -0.120. The molecule has 1 saturated heterocycles. The van der Waals surface area contributed by atoms with Gasteiger partial charge in [-0.3, -0.25) is 4.90 Å². The molecule has 0 aromatic rings. The van der Waals surface area contributed by atoms with Gasteiger partial charge in [0.2, 0.25) is 0 Å². The van der Waals surface area contributed by atoms with Gasteiger partial charge in [0.05, 0.1) is 0 Å². The molecule has 0 amide bonds. The van der Waals surface area contributed by atoms with Crippen molar-refractivity contribution in [2.24, 2.45) is 0 Å². The lowest BCUT2D eigenvalue weighted by Crippen LogP contribution is -2.49. The van der Waals surface area contributed by atoms with Crippen molar-refractivity contribution in [2.45, 2.75) is 70.0 Å². The Morgan fingerprint density at radius 1 is 1.05 bits per heavy atom. The van der Waals surface area contributed by atoms with Crippen LogP contribution in [0.2, 0.25) is 0 Å². The number of likely N-dealkylation sites (N-methyl/N-ethyl adjacent to an activating group) is 2. The average Bonchev–Trinajstić information content (AvgIpc) is 2.74. The third kappa shape index (κ3) is 4.17. The molecule has 1 aliphatic heterocycles. The van der Waals surface area contributed by atoms with E-state index >= 15 is 0 Å². The molecule has 2 unspecified atom stereocenters. The minimum Gasteiger partial charge on any atom is -0.318 e. The molecule has 1 N–H and O–H groups in total. The number of hydrogen-bond acceptors (Lipinski definition) is 3. The molecule has 3 nitrogen and oxygen atoms in total. The fraction of sp³-hybridized carbons (Fsp3) is 1.00. The highest BCUT2D eigenvalue weighted by Gasteiger charge is 2.30. The first-order valence-electron chi connectivity index (χ1n) is 8.33. The van der Waals surface area contributed by atoms with Crippen LogP contribution in [-0.2, 0) is 0 Å². The maximum atomic E-state index is 3.38. The minimum absolute atomic E-state index is 0.679. The molecule has 0 spiro atoms. The zero-order valence-electron chi connectivity index (χ0n) is 13.2. The summed E-state index contributed by atoms with van der Waals surface area (Å²) in [6.45, 7) is 6.06. The highest BCUT2D eigenvalue weighted by molar-refractivity contribution is 4.87. The Morgan fingerprint density at radius 2 is 1.74 bits per heavy atom. The topological polar surface area (TPSA) is 18.5 Å². The minimum atomic E-state index is 0.679. The summed E-state index contributed by atoms with van der Waals surface area (Å²) in [7, 11) is 4.38. The molecule has 0 radical (unpaired) electrons. The van der Waals surface area contributed by atoms with Gasteiger partial charge in [0.25, 0.3) is 0 Å². The quantitative estimate of drug-likeness (QED) is 0.792. The van der Waals surface area contributed by atoms with E-state index in [2.05, 4.69) is 36.1 Å². The van der Waals surface area contributed by atoms with Gasteiger partial charge in [0.1, 0.15) is 0 Å². The predicted octanol–water partition coefficient (Wildman–Crippen LogP) is 2.32. The fourth-order valence-corrected chi connectivity index (χ4v) is 3.86. The van der Waals surface area contributed by atoms with Gasteiger partial charge >= 0.3 is 0 Å². The standard InChI is InChI=1S/C16H33N3/c1-14-10-11-18(3)16(12-17-2)13-19(14)15-8-6-4-5-7-9-15/h14-17H,4-13H2,1-3H3. The summed E-state index contributed by atoms with van der Waals surface area (Å²) in [5.41, 5.74) is 0. The van der Waals surface area contributed by atoms with E-state index in [0.717, 1.165) is 18.6 Å². The van der Waals surface area contributed by atoms with E-state index in [1.54, 1.807) is 0 Å². The van der Waals surface area contributed by atoms with E-state index in [1.165, 1.54) is 58.0 Å². The van der Waals surface area contributed by atoms with Crippen LogP contribution in [0.3, 0.4) is 0 Å². The molecule has 2 atom stereocenters. The van der Waals surface area contributed by atoms with E-state index in [4.69, 9.17) is 0 Å². The summed E-state index contributed by atoms with van der Waals surface area (Å²) in [5.74, 6) is 0. The third-order valence-electron chi connectivity index (χ3n) is 5.24. The van der Waals surface area contributed by atoms with E-state index in [-0.39, 0.29) is 0 Å². The molecule has 2 fully saturated rings. The summed E-state index contributed by atoms with van der Waals surface area (Å²) in [4.78, 5) is 5.40. The number of rotatable bonds is 3. The van der Waals surface area contributed by atoms with Gasteiger partial charge in [-0.05, 0) is 46.8 Å². The third-order valence-corrected chi connectivity index (χ3v) is 5.24. The molecule has 1 aliphatic carbocycles. The maximum Gasteiger partial charge on any atom is 0.0344 e. The Bertz CT molecular complexity index is 248. The zero-order chi connectivity index (χ0) is 13.7. The van der Waals surface area contributed by atoms with Gasteiger partial charge in [-0.15, -0.1) is 0 Å². The predicted molar refractivity (Wildman–Crippen MR) is 82.6 cm³/mol. The second-order valence-corrected chi connectivity index (χ2v) is 6.67. The van der Waals surface area contributed by atoms with E-state index in [0.29, 0.717) is 6.04 Å². The Morgan fingerprint density at radius 3 is 2.37 bits per heavy atom. The van der Waals surface area contributed by atoms with Crippen molar-refractivity contribution >= 4 is 0 Å². The van der Waals surface area contributed by atoms with Crippen molar-refractivity contribution in [3.63, 3.8) is 0 Å². The second kappa shape index (κ2) is 7.61. The van der Waals surface area contributed by atoms with Gasteiger partial charge < -0.3 is 10.2 Å². The van der Waals surface area contributed by atoms with Gasteiger partial charge in [0.15, 0.2) is 0 Å². The van der Waals surface area contributed by atoms with Crippen LogP contribution in [0.25, 0.3) is 0 Å². The Balaban J connectivity index is 2.02. The molecular formula is C16H33N3. The van der Waals surface area contributed by atoms with Gasteiger partial charge in [-0.2, -0.15) is 0 Å². The summed E-state index contributed by atoms with van der Waals surface area (Å²) in [5, 5.41) is 3.38. The molecular weight excluding hydrogens is 234 g/mol. The van der Waals surface area contributed by atoms with E-state index in [9.17, 15) is 0 Å². The monoisotopic (exact) mass is 267 g/mol. The number of nitrogens with zero attached hydrogens (tertiary/aromatic N) is 2. The molecule has 1 heterocycles. The molecule has 0 aromatic carbocycles. The van der Waals surface area contributed by atoms with E-state index < -0.39 is 0 Å². The summed E-state index contributed by atoms with van der Waals surface area (Å²) in [6.07, 6.45) is 9.99. The Labute approximate surface area is 119 Å². The van der Waals surface area contributed by atoms with Crippen LogP contribution in [-0.4, -0.2) is 61.7 Å². The molecule has 1 saturated carbocycles. The van der Waals surface area contributed by atoms with Crippen molar-refractivity contribution in [3.8, 4) is 0 Å². The Kier molecular flexibility index (Phi) is 6.11. The molecule has 3 heteroatoms. The van der Waals surface area contributed by atoms with Crippen molar-refractivity contribution in [1.82, 2.24) is 15.1 Å². The first kappa shape index (κ1) is 15.3. The SMILES string of the molecule is CNCC1CN(C2CCCCCC2)C(C)CCN1C. The normalized spacial score (nSPS) is 33.0. The van der Waals surface area contributed by atoms with Crippen LogP contribution in [0, 0.1) is 0 Å². The molecule has 19 heavy (non-hydrogen) atoms. The van der Waals surface area contributed by atoms with Crippen LogP contribution in [0.1, 0.15) is 51.9 Å². The smallest absolute Gasteiger partial charge is 0.0344 e. The molecule has 0 bridgehead atoms. The average molecular weight is 267 g/mol. The lowest BCUT2D eigenvalue weighted by Gasteiger charge is -2.37. The summed E-state index contributed by atoms with van der Waals surface area (Å²) in [6, 6.07) is 2.29. The largest absolute Gasteiger partial charge is 0.318 e. The lowest BCUT2D eigenvalue weighted by atomic mass is 10.0. The lowest BCUT2D eigenvalue weighted by molar-refractivity contribution is 0.116.